The number of aromatic nitrogens is 2. The van der Waals surface area contributed by atoms with Crippen molar-refractivity contribution < 1.29 is 9.90 Å². The Bertz CT molecular complexity index is 392. The van der Waals surface area contributed by atoms with Crippen LogP contribution >= 0.6 is 11.8 Å². The molecule has 3 unspecified atom stereocenters. The van der Waals surface area contributed by atoms with Crippen LogP contribution in [0.25, 0.3) is 0 Å². The molecule has 102 valence electrons. The van der Waals surface area contributed by atoms with E-state index in [9.17, 15) is 4.79 Å². The average Bonchev–Trinajstić information content (AvgIpc) is 2.76. The zero-order valence-electron chi connectivity index (χ0n) is 10.8. The molecule has 0 radical (unpaired) electrons. The summed E-state index contributed by atoms with van der Waals surface area (Å²) in [6.07, 6.45) is 5.19. The van der Waals surface area contributed by atoms with E-state index in [0.29, 0.717) is 5.56 Å². The molecule has 6 nitrogen and oxygen atoms in total. The molecular weight excluding hydrogens is 252 g/mol. The van der Waals surface area contributed by atoms with Crippen LogP contribution in [0.3, 0.4) is 0 Å². The lowest BCUT2D eigenvalue weighted by Gasteiger charge is -2.22. The number of carbonyl (C=O) groups excluding carboxylic acids is 1. The van der Waals surface area contributed by atoms with Gasteiger partial charge in [-0.3, -0.25) is 9.48 Å². The number of hydrogen-bond donors (Lipinski definition) is 3. The monoisotopic (exact) mass is 272 g/mol. The fourth-order valence-electron chi connectivity index (χ4n) is 1.60. The van der Waals surface area contributed by atoms with E-state index in [0.717, 1.165) is 0 Å². The van der Waals surface area contributed by atoms with Crippen LogP contribution in [-0.2, 0) is 11.8 Å². The lowest BCUT2D eigenvalue weighted by molar-refractivity contribution is -0.123. The fourth-order valence-corrected chi connectivity index (χ4v) is 2.22. The normalized spacial score (nSPS) is 16.1. The number of nitrogens with two attached hydrogens (primary N) is 1. The highest BCUT2D eigenvalue weighted by Crippen LogP contribution is 2.13. The van der Waals surface area contributed by atoms with Crippen LogP contribution in [0.2, 0.25) is 0 Å². The molecule has 0 saturated heterocycles. The van der Waals surface area contributed by atoms with Gasteiger partial charge in [0.1, 0.15) is 6.04 Å². The van der Waals surface area contributed by atoms with Crippen LogP contribution in [0, 0.1) is 0 Å². The molecule has 0 aliphatic carbocycles. The van der Waals surface area contributed by atoms with Crippen molar-refractivity contribution in [3.63, 3.8) is 0 Å². The first-order valence-corrected chi connectivity index (χ1v) is 6.96. The Balaban J connectivity index is 2.60. The second-order valence-corrected chi connectivity index (χ2v) is 5.26. The Morgan fingerprint density at radius 2 is 2.39 bits per heavy atom. The van der Waals surface area contributed by atoms with Crippen molar-refractivity contribution in [2.75, 3.05) is 12.9 Å². The van der Waals surface area contributed by atoms with Gasteiger partial charge in [0, 0.05) is 30.1 Å². The zero-order valence-corrected chi connectivity index (χ0v) is 11.6. The lowest BCUT2D eigenvalue weighted by Crippen LogP contribution is -2.45. The Kier molecular flexibility index (Phi) is 5.64. The van der Waals surface area contributed by atoms with Crippen LogP contribution < -0.4 is 11.1 Å². The lowest BCUT2D eigenvalue weighted by atomic mass is 10.1. The van der Waals surface area contributed by atoms with E-state index in [2.05, 4.69) is 10.4 Å². The summed E-state index contributed by atoms with van der Waals surface area (Å²) < 4.78 is 1.60. The molecule has 0 spiro atoms. The first-order chi connectivity index (χ1) is 8.49. The maximum absolute atomic E-state index is 11.9. The van der Waals surface area contributed by atoms with Gasteiger partial charge in [0.15, 0.2) is 0 Å². The van der Waals surface area contributed by atoms with E-state index in [4.69, 9.17) is 10.8 Å². The van der Waals surface area contributed by atoms with E-state index in [1.165, 1.54) is 11.8 Å². The quantitative estimate of drug-likeness (QED) is 0.658. The third-order valence-electron chi connectivity index (χ3n) is 2.78. The molecule has 1 aromatic heterocycles. The molecule has 0 fully saturated rings. The van der Waals surface area contributed by atoms with Gasteiger partial charge >= 0.3 is 0 Å². The first-order valence-electron chi connectivity index (χ1n) is 5.67. The van der Waals surface area contributed by atoms with E-state index < -0.39 is 6.04 Å². The summed E-state index contributed by atoms with van der Waals surface area (Å²) >= 11 is 1.51. The Hall–Kier alpha value is -1.05. The predicted molar refractivity (Wildman–Crippen MR) is 72.1 cm³/mol. The standard InChI is InChI=1S/C11H20N4O2S/c1-7(9(6-16)18-3)14-11(17)10(12)8-4-13-15(2)5-8/h4-5,7,9-10,16H,6,12H2,1-3H3,(H,14,17). The Morgan fingerprint density at radius 3 is 2.83 bits per heavy atom. The van der Waals surface area contributed by atoms with E-state index in [-0.39, 0.29) is 23.8 Å². The summed E-state index contributed by atoms with van der Waals surface area (Å²) in [4.78, 5) is 11.9. The number of carbonyl (C=O) groups is 1. The third kappa shape index (κ3) is 3.72. The number of thioether (sulfide) groups is 1. The molecule has 0 aliphatic heterocycles. The van der Waals surface area contributed by atoms with Gasteiger partial charge in [-0.15, -0.1) is 0 Å². The molecule has 1 aromatic rings. The number of nitrogens with one attached hydrogen (secondary N) is 1. The summed E-state index contributed by atoms with van der Waals surface area (Å²) in [5.74, 6) is -0.261. The summed E-state index contributed by atoms with van der Waals surface area (Å²) in [7, 11) is 1.77. The maximum atomic E-state index is 11.9. The van der Waals surface area contributed by atoms with Gasteiger partial charge in [-0.25, -0.2) is 0 Å². The minimum atomic E-state index is -0.734. The molecule has 0 saturated carbocycles. The van der Waals surface area contributed by atoms with Crippen LogP contribution in [0.4, 0.5) is 0 Å². The molecule has 0 bridgehead atoms. The summed E-state index contributed by atoms with van der Waals surface area (Å²) in [6.45, 7) is 1.87. The predicted octanol–water partition coefficient (Wildman–Crippen LogP) is -0.351. The maximum Gasteiger partial charge on any atom is 0.241 e. The van der Waals surface area contributed by atoms with Crippen LogP contribution in [0.1, 0.15) is 18.5 Å². The van der Waals surface area contributed by atoms with Crippen molar-refractivity contribution in [3.05, 3.63) is 18.0 Å². The Labute approximate surface area is 111 Å². The van der Waals surface area contributed by atoms with Crippen molar-refractivity contribution in [1.29, 1.82) is 0 Å². The molecular formula is C11H20N4O2S. The van der Waals surface area contributed by atoms with Crippen molar-refractivity contribution >= 4 is 17.7 Å². The largest absolute Gasteiger partial charge is 0.395 e. The highest BCUT2D eigenvalue weighted by atomic mass is 32.2. The molecule has 7 heteroatoms. The number of hydrogen-bond acceptors (Lipinski definition) is 5. The SMILES string of the molecule is CSC(CO)C(C)NC(=O)C(N)c1cnn(C)c1. The third-order valence-corrected chi connectivity index (χ3v) is 3.94. The second kappa shape index (κ2) is 6.77. The van der Waals surface area contributed by atoms with Gasteiger partial charge in [-0.2, -0.15) is 16.9 Å². The van der Waals surface area contributed by atoms with Gasteiger partial charge in [-0.05, 0) is 13.2 Å². The fraction of sp³-hybridized carbons (Fsp3) is 0.636. The van der Waals surface area contributed by atoms with Crippen LogP contribution in [0.15, 0.2) is 12.4 Å². The molecule has 4 N–H and O–H groups in total. The van der Waals surface area contributed by atoms with E-state index in [1.54, 1.807) is 24.1 Å². The van der Waals surface area contributed by atoms with Crippen LogP contribution in [-0.4, -0.2) is 44.9 Å². The topological polar surface area (TPSA) is 93.2 Å². The molecule has 0 aliphatic rings. The number of aliphatic hydroxyl groups excluding tert-OH is 1. The number of nitrogens with zero attached hydrogens (tertiary/aromatic N) is 2. The average molecular weight is 272 g/mol. The van der Waals surface area contributed by atoms with Crippen molar-refractivity contribution in [3.8, 4) is 0 Å². The van der Waals surface area contributed by atoms with Crippen molar-refractivity contribution in [2.45, 2.75) is 24.3 Å². The molecule has 1 heterocycles. The smallest absolute Gasteiger partial charge is 0.241 e. The minimum Gasteiger partial charge on any atom is -0.395 e. The molecule has 18 heavy (non-hydrogen) atoms. The van der Waals surface area contributed by atoms with Gasteiger partial charge < -0.3 is 16.2 Å². The second-order valence-electron chi connectivity index (χ2n) is 4.18. The molecule has 1 rings (SSSR count). The van der Waals surface area contributed by atoms with Gasteiger partial charge in [0.25, 0.3) is 0 Å². The van der Waals surface area contributed by atoms with Gasteiger partial charge in [-0.1, -0.05) is 0 Å². The molecule has 0 aromatic carbocycles. The van der Waals surface area contributed by atoms with Crippen LogP contribution in [0.5, 0.6) is 0 Å². The molecule has 1 amide bonds. The molecule has 3 atom stereocenters. The number of rotatable bonds is 6. The number of amides is 1. The Morgan fingerprint density at radius 1 is 1.72 bits per heavy atom. The number of aryl methyl sites for hydroxylation is 1. The van der Waals surface area contributed by atoms with Crippen molar-refractivity contribution in [1.82, 2.24) is 15.1 Å². The highest BCUT2D eigenvalue weighted by molar-refractivity contribution is 7.99. The summed E-state index contributed by atoms with van der Waals surface area (Å²) in [6, 6.07) is -0.873. The van der Waals surface area contributed by atoms with Gasteiger partial charge in [0.05, 0.1) is 12.8 Å². The van der Waals surface area contributed by atoms with E-state index in [1.807, 2.05) is 13.2 Å². The minimum absolute atomic E-state index is 0.0186. The number of aliphatic hydroxyl groups is 1. The highest BCUT2D eigenvalue weighted by Gasteiger charge is 2.22. The van der Waals surface area contributed by atoms with Gasteiger partial charge in [0.2, 0.25) is 5.91 Å². The zero-order chi connectivity index (χ0) is 13.7. The first kappa shape index (κ1) is 15.0. The summed E-state index contributed by atoms with van der Waals surface area (Å²) in [5, 5.41) is 15.9. The van der Waals surface area contributed by atoms with Crippen molar-refractivity contribution in [2.24, 2.45) is 12.8 Å². The van der Waals surface area contributed by atoms with E-state index >= 15 is 0 Å². The summed E-state index contributed by atoms with van der Waals surface area (Å²) in [5.41, 5.74) is 6.52.